The number of aryl methyl sites for hydroxylation is 1. The Morgan fingerprint density at radius 1 is 1.15 bits per heavy atom. The summed E-state index contributed by atoms with van der Waals surface area (Å²) in [6.07, 6.45) is 2.35. The van der Waals surface area contributed by atoms with E-state index in [0.717, 1.165) is 17.3 Å². The Morgan fingerprint density at radius 3 is 2.85 bits per heavy atom. The summed E-state index contributed by atoms with van der Waals surface area (Å²) in [7, 11) is 0. The van der Waals surface area contributed by atoms with E-state index in [2.05, 4.69) is 49.7 Å². The van der Waals surface area contributed by atoms with Crippen LogP contribution in [-0.4, -0.2) is 36.6 Å². The summed E-state index contributed by atoms with van der Waals surface area (Å²) in [5, 5.41) is 32.3. The zero-order valence-corrected chi connectivity index (χ0v) is 13.9. The number of benzene rings is 2. The van der Waals surface area contributed by atoms with Crippen molar-refractivity contribution in [3.05, 3.63) is 47.5 Å². The van der Waals surface area contributed by atoms with Gasteiger partial charge in [-0.05, 0) is 36.2 Å². The van der Waals surface area contributed by atoms with E-state index in [1.165, 1.54) is 23.9 Å². The van der Waals surface area contributed by atoms with Crippen molar-refractivity contribution < 1.29 is 10.2 Å². The highest BCUT2D eigenvalue weighted by Crippen LogP contribution is 2.24. The molecule has 2 heterocycles. The first-order valence-corrected chi connectivity index (χ1v) is 8.10. The molecule has 0 saturated carbocycles. The Hall–Kier alpha value is -3.68. The normalized spacial score (nSPS) is 11.6. The van der Waals surface area contributed by atoms with Gasteiger partial charge >= 0.3 is 0 Å². The average molecular weight is 348 g/mol. The Kier molecular flexibility index (Phi) is 3.85. The van der Waals surface area contributed by atoms with Crippen molar-refractivity contribution in [1.82, 2.24) is 20.2 Å². The molecule has 2 aromatic heterocycles. The first-order valence-electron chi connectivity index (χ1n) is 8.10. The van der Waals surface area contributed by atoms with E-state index in [4.69, 9.17) is 0 Å². The average Bonchev–Trinajstić information content (AvgIpc) is 3.00. The van der Waals surface area contributed by atoms with Crippen molar-refractivity contribution in [2.45, 2.75) is 13.3 Å². The number of hydrogen-bond acceptors (Lipinski definition) is 7. The second kappa shape index (κ2) is 6.32. The highest BCUT2D eigenvalue weighted by Gasteiger charge is 2.09. The van der Waals surface area contributed by atoms with Gasteiger partial charge in [-0.2, -0.15) is 10.1 Å². The molecule has 26 heavy (non-hydrogen) atoms. The number of H-pyrrole nitrogens is 1. The summed E-state index contributed by atoms with van der Waals surface area (Å²) >= 11 is 0. The molecule has 8 nitrogen and oxygen atoms in total. The van der Waals surface area contributed by atoms with Crippen LogP contribution in [0.5, 0.6) is 11.5 Å². The van der Waals surface area contributed by atoms with Crippen LogP contribution in [0.15, 0.2) is 41.5 Å². The van der Waals surface area contributed by atoms with Gasteiger partial charge in [0.15, 0.2) is 5.65 Å². The first kappa shape index (κ1) is 15.8. The zero-order valence-electron chi connectivity index (χ0n) is 13.9. The lowest BCUT2D eigenvalue weighted by Crippen LogP contribution is -1.99. The van der Waals surface area contributed by atoms with Crippen LogP contribution in [0.25, 0.3) is 22.1 Å². The van der Waals surface area contributed by atoms with Gasteiger partial charge in [-0.3, -0.25) is 0 Å². The van der Waals surface area contributed by atoms with Crippen molar-refractivity contribution in [1.29, 1.82) is 0 Å². The predicted octanol–water partition coefficient (Wildman–Crippen LogP) is 2.93. The molecule has 0 saturated heterocycles. The van der Waals surface area contributed by atoms with Crippen LogP contribution >= 0.6 is 0 Å². The number of rotatable bonds is 4. The van der Waals surface area contributed by atoms with Gasteiger partial charge in [0.1, 0.15) is 17.0 Å². The molecule has 0 amide bonds. The van der Waals surface area contributed by atoms with Crippen LogP contribution in [0.4, 0.5) is 5.95 Å². The summed E-state index contributed by atoms with van der Waals surface area (Å²) < 4.78 is 0. The molecule has 0 bridgehead atoms. The topological polar surface area (TPSA) is 119 Å². The van der Waals surface area contributed by atoms with Gasteiger partial charge in [0.2, 0.25) is 0 Å². The van der Waals surface area contributed by atoms with E-state index in [0.29, 0.717) is 16.7 Å². The molecule has 4 rings (SSSR count). The van der Waals surface area contributed by atoms with E-state index in [1.807, 2.05) is 6.07 Å². The SMILES string of the molecule is CCc1ccc2[nH]c3nc(NN=Cc4ccc(O)cc4O)nnc3c2c1. The number of nitrogens with one attached hydrogen (secondary N) is 2. The molecule has 0 atom stereocenters. The molecule has 0 radical (unpaired) electrons. The fourth-order valence-corrected chi connectivity index (χ4v) is 2.69. The van der Waals surface area contributed by atoms with Crippen LogP contribution in [-0.2, 0) is 6.42 Å². The van der Waals surface area contributed by atoms with Gasteiger partial charge in [0.05, 0.1) is 6.21 Å². The molecule has 0 fully saturated rings. The number of anilines is 1. The first-order chi connectivity index (χ1) is 12.6. The second-order valence-electron chi connectivity index (χ2n) is 5.80. The van der Waals surface area contributed by atoms with E-state index < -0.39 is 0 Å². The monoisotopic (exact) mass is 348 g/mol. The van der Waals surface area contributed by atoms with Crippen molar-refractivity contribution in [2.75, 3.05) is 5.43 Å². The third-order valence-corrected chi connectivity index (χ3v) is 4.07. The van der Waals surface area contributed by atoms with Crippen LogP contribution < -0.4 is 5.43 Å². The molecular weight excluding hydrogens is 332 g/mol. The maximum atomic E-state index is 9.73. The molecule has 0 unspecified atom stereocenters. The van der Waals surface area contributed by atoms with E-state index in [-0.39, 0.29) is 17.4 Å². The number of phenolic OH excluding ortho intramolecular Hbond substituents is 2. The number of fused-ring (bicyclic) bond motifs is 3. The quantitative estimate of drug-likeness (QED) is 0.332. The van der Waals surface area contributed by atoms with Crippen LogP contribution in [0, 0.1) is 0 Å². The summed E-state index contributed by atoms with van der Waals surface area (Å²) in [5.74, 6) is 0.136. The molecule has 4 aromatic rings. The van der Waals surface area contributed by atoms with Gasteiger partial charge < -0.3 is 15.2 Å². The molecule has 0 aliphatic rings. The highest BCUT2D eigenvalue weighted by atomic mass is 16.3. The van der Waals surface area contributed by atoms with Crippen LogP contribution in [0.2, 0.25) is 0 Å². The summed E-state index contributed by atoms with van der Waals surface area (Å²) in [4.78, 5) is 7.60. The summed E-state index contributed by atoms with van der Waals surface area (Å²) in [5.41, 5.74) is 6.63. The third-order valence-electron chi connectivity index (χ3n) is 4.07. The van der Waals surface area contributed by atoms with E-state index in [1.54, 1.807) is 6.07 Å². The maximum Gasteiger partial charge on any atom is 0.265 e. The second-order valence-corrected chi connectivity index (χ2v) is 5.80. The molecular formula is C18H16N6O2. The standard InChI is InChI=1S/C18H16N6O2/c1-2-10-3-6-14-13(7-10)16-17(20-14)21-18(24-22-16)23-19-9-11-4-5-12(25)8-15(11)26/h3-9,25-26H,2H2,1H3,(H2,20,21,23,24). The molecule has 0 aliphatic carbocycles. The number of hydrazone groups is 1. The Labute approximate surface area is 148 Å². The molecule has 8 heteroatoms. The minimum atomic E-state index is -0.0765. The minimum absolute atomic E-state index is 0.0179. The summed E-state index contributed by atoms with van der Waals surface area (Å²) in [6, 6.07) is 10.4. The lowest BCUT2D eigenvalue weighted by Gasteiger charge is -2.00. The number of aromatic hydroxyl groups is 2. The number of phenols is 2. The van der Waals surface area contributed by atoms with Gasteiger partial charge in [0, 0.05) is 22.5 Å². The van der Waals surface area contributed by atoms with E-state index >= 15 is 0 Å². The summed E-state index contributed by atoms with van der Waals surface area (Å²) in [6.45, 7) is 2.10. The van der Waals surface area contributed by atoms with Crippen LogP contribution in [0.3, 0.4) is 0 Å². The highest BCUT2D eigenvalue weighted by molar-refractivity contribution is 6.03. The molecule has 130 valence electrons. The number of aromatic amines is 1. The van der Waals surface area contributed by atoms with Gasteiger partial charge in [-0.1, -0.05) is 13.0 Å². The van der Waals surface area contributed by atoms with Gasteiger partial charge in [0.25, 0.3) is 5.95 Å². The molecule has 4 N–H and O–H groups in total. The third kappa shape index (κ3) is 2.88. The maximum absolute atomic E-state index is 9.73. The molecule has 0 aliphatic heterocycles. The largest absolute Gasteiger partial charge is 0.508 e. The predicted molar refractivity (Wildman–Crippen MR) is 99.6 cm³/mol. The number of aromatic nitrogens is 4. The van der Waals surface area contributed by atoms with Gasteiger partial charge in [-0.15, -0.1) is 10.2 Å². The van der Waals surface area contributed by atoms with Crippen molar-refractivity contribution in [3.63, 3.8) is 0 Å². The van der Waals surface area contributed by atoms with Crippen LogP contribution in [0.1, 0.15) is 18.1 Å². The Balaban J connectivity index is 1.61. The van der Waals surface area contributed by atoms with Crippen molar-refractivity contribution in [2.24, 2.45) is 5.10 Å². The lowest BCUT2D eigenvalue weighted by molar-refractivity contribution is 0.450. The number of hydrogen-bond donors (Lipinski definition) is 4. The van der Waals surface area contributed by atoms with Gasteiger partial charge in [-0.25, -0.2) is 5.43 Å². The van der Waals surface area contributed by atoms with E-state index in [9.17, 15) is 10.2 Å². The molecule has 0 spiro atoms. The Bertz CT molecular complexity index is 1140. The lowest BCUT2D eigenvalue weighted by atomic mass is 10.1. The van der Waals surface area contributed by atoms with Crippen molar-refractivity contribution in [3.8, 4) is 11.5 Å². The fraction of sp³-hybridized carbons (Fsp3) is 0.111. The van der Waals surface area contributed by atoms with Crippen molar-refractivity contribution >= 4 is 34.2 Å². The number of nitrogens with zero attached hydrogens (tertiary/aromatic N) is 4. The minimum Gasteiger partial charge on any atom is -0.508 e. The zero-order chi connectivity index (χ0) is 18.1. The fourth-order valence-electron chi connectivity index (χ4n) is 2.69. The smallest absolute Gasteiger partial charge is 0.265 e. The Morgan fingerprint density at radius 2 is 2.04 bits per heavy atom. The molecule has 2 aromatic carbocycles.